The maximum absolute atomic E-state index is 12.0. The molecule has 2 N–H and O–H groups in total. The van der Waals surface area contributed by atoms with Crippen LogP contribution in [0.5, 0.6) is 11.5 Å². The van der Waals surface area contributed by atoms with Gasteiger partial charge >= 0.3 is 5.97 Å². The lowest BCUT2D eigenvalue weighted by molar-refractivity contribution is -0.148. The van der Waals surface area contributed by atoms with Crippen molar-refractivity contribution in [1.29, 1.82) is 0 Å². The van der Waals surface area contributed by atoms with Crippen molar-refractivity contribution in [2.24, 2.45) is 0 Å². The molecule has 0 aliphatic rings. The van der Waals surface area contributed by atoms with Crippen molar-refractivity contribution in [2.45, 2.75) is 13.0 Å². The van der Waals surface area contributed by atoms with Gasteiger partial charge in [0.1, 0.15) is 5.82 Å². The lowest BCUT2D eigenvalue weighted by Crippen LogP contribution is -2.29. The highest BCUT2D eigenvalue weighted by Gasteiger charge is 2.17. The second-order valence-corrected chi connectivity index (χ2v) is 5.63. The predicted molar refractivity (Wildman–Crippen MR) is 97.1 cm³/mol. The van der Waals surface area contributed by atoms with E-state index in [9.17, 15) is 14.7 Å². The smallest absolute Gasteiger partial charge is 0.331 e. The number of carbonyl (C=O) groups is 2. The molecule has 8 heteroatoms. The molecular formula is C18H17ClN2O5. The van der Waals surface area contributed by atoms with Gasteiger partial charge in [0.25, 0.3) is 5.91 Å². The molecule has 0 bridgehead atoms. The molecule has 1 atom stereocenters. The number of amides is 1. The van der Waals surface area contributed by atoms with Gasteiger partial charge in [-0.2, -0.15) is 0 Å². The Labute approximate surface area is 155 Å². The minimum Gasteiger partial charge on any atom is -0.504 e. The molecule has 1 aromatic carbocycles. The van der Waals surface area contributed by atoms with Gasteiger partial charge in [-0.25, -0.2) is 9.78 Å². The summed E-state index contributed by atoms with van der Waals surface area (Å²) in [6, 6.07) is 7.72. The Morgan fingerprint density at radius 2 is 2.08 bits per heavy atom. The molecule has 1 amide bonds. The Bertz CT molecular complexity index is 821. The van der Waals surface area contributed by atoms with E-state index in [2.05, 4.69) is 10.3 Å². The summed E-state index contributed by atoms with van der Waals surface area (Å²) in [5, 5.41) is 12.5. The first-order chi connectivity index (χ1) is 12.4. The number of carbonyl (C=O) groups excluding carboxylic acids is 2. The lowest BCUT2D eigenvalue weighted by atomic mass is 10.2. The number of hydrogen-bond donors (Lipinski definition) is 2. The van der Waals surface area contributed by atoms with Gasteiger partial charge in [-0.3, -0.25) is 4.79 Å². The number of phenols is 1. The van der Waals surface area contributed by atoms with Crippen molar-refractivity contribution in [3.05, 3.63) is 53.2 Å². The molecular weight excluding hydrogens is 360 g/mol. The van der Waals surface area contributed by atoms with E-state index in [1.807, 2.05) is 0 Å². The van der Waals surface area contributed by atoms with Crippen LogP contribution in [0.15, 0.2) is 42.6 Å². The van der Waals surface area contributed by atoms with Crippen molar-refractivity contribution in [3.8, 4) is 11.5 Å². The van der Waals surface area contributed by atoms with Gasteiger partial charge in [0, 0.05) is 12.3 Å². The number of aromatic nitrogens is 1. The maximum Gasteiger partial charge on any atom is 0.331 e. The van der Waals surface area contributed by atoms with Gasteiger partial charge in [0.2, 0.25) is 0 Å². The van der Waals surface area contributed by atoms with Crippen LogP contribution in [-0.2, 0) is 14.3 Å². The predicted octanol–water partition coefficient (Wildman–Crippen LogP) is 3.03. The van der Waals surface area contributed by atoms with Crippen molar-refractivity contribution in [2.75, 3.05) is 12.4 Å². The summed E-state index contributed by atoms with van der Waals surface area (Å²) in [6.45, 7) is 1.45. The fourth-order valence-corrected chi connectivity index (χ4v) is 2.02. The average molecular weight is 377 g/mol. The largest absolute Gasteiger partial charge is 0.504 e. The second kappa shape index (κ2) is 8.87. The fourth-order valence-electron chi connectivity index (χ4n) is 1.91. The molecule has 1 aromatic heterocycles. The summed E-state index contributed by atoms with van der Waals surface area (Å²) < 4.78 is 10.0. The third-order valence-corrected chi connectivity index (χ3v) is 3.48. The number of aromatic hydroxyl groups is 1. The maximum atomic E-state index is 12.0. The Morgan fingerprint density at radius 1 is 1.31 bits per heavy atom. The molecule has 26 heavy (non-hydrogen) atoms. The first-order valence-electron chi connectivity index (χ1n) is 7.57. The second-order valence-electron chi connectivity index (χ2n) is 5.19. The monoisotopic (exact) mass is 376 g/mol. The van der Waals surface area contributed by atoms with Crippen LogP contribution in [0.3, 0.4) is 0 Å². The van der Waals surface area contributed by atoms with Gasteiger partial charge in [-0.15, -0.1) is 0 Å². The number of nitrogens with zero attached hydrogens (tertiary/aromatic N) is 1. The third kappa shape index (κ3) is 5.49. The van der Waals surface area contributed by atoms with E-state index < -0.39 is 18.0 Å². The van der Waals surface area contributed by atoms with E-state index in [1.165, 1.54) is 44.5 Å². The van der Waals surface area contributed by atoms with Gasteiger partial charge in [0.15, 0.2) is 17.6 Å². The summed E-state index contributed by atoms with van der Waals surface area (Å²) in [7, 11) is 1.42. The number of anilines is 1. The number of halogens is 1. The molecule has 2 rings (SSSR count). The van der Waals surface area contributed by atoms with Gasteiger partial charge in [0.05, 0.1) is 12.1 Å². The number of phenolic OH excluding ortho intramolecular Hbond substituents is 1. The zero-order valence-corrected chi connectivity index (χ0v) is 14.9. The first kappa shape index (κ1) is 19.3. The van der Waals surface area contributed by atoms with E-state index in [1.54, 1.807) is 18.2 Å². The summed E-state index contributed by atoms with van der Waals surface area (Å²) >= 11 is 5.72. The highest BCUT2D eigenvalue weighted by atomic mass is 35.5. The molecule has 0 aliphatic heterocycles. The standard InChI is InChI=1S/C18H17ClN2O5/c1-11(18(24)21-16-7-5-13(19)10-20-16)26-17(23)8-4-12-3-6-14(22)15(9-12)25-2/h3-11,22H,1-2H3,(H,20,21,24)/b8-4+/t11-/m1/s1. The van der Waals surface area contributed by atoms with Crippen LogP contribution in [0.25, 0.3) is 6.08 Å². The number of esters is 1. The fraction of sp³-hybridized carbons (Fsp3) is 0.167. The van der Waals surface area contributed by atoms with Crippen LogP contribution in [0.1, 0.15) is 12.5 Å². The number of ether oxygens (including phenoxy) is 2. The van der Waals surface area contributed by atoms with Gasteiger partial charge in [-0.05, 0) is 42.8 Å². The summed E-state index contributed by atoms with van der Waals surface area (Å²) in [5.74, 6) is -0.636. The van der Waals surface area contributed by atoms with Crippen molar-refractivity contribution in [3.63, 3.8) is 0 Å². The highest BCUT2D eigenvalue weighted by molar-refractivity contribution is 6.30. The lowest BCUT2D eigenvalue weighted by Gasteiger charge is -2.11. The van der Waals surface area contributed by atoms with Crippen LogP contribution in [0.4, 0.5) is 5.82 Å². The van der Waals surface area contributed by atoms with Crippen molar-refractivity contribution >= 4 is 35.4 Å². The SMILES string of the molecule is COc1cc(/C=C/C(=O)O[C@H](C)C(=O)Nc2ccc(Cl)cn2)ccc1O. The molecule has 0 saturated heterocycles. The average Bonchev–Trinajstić information content (AvgIpc) is 2.62. The van der Waals surface area contributed by atoms with Crippen LogP contribution in [-0.4, -0.2) is 35.2 Å². The highest BCUT2D eigenvalue weighted by Crippen LogP contribution is 2.26. The number of pyridine rings is 1. The van der Waals surface area contributed by atoms with Crippen LogP contribution < -0.4 is 10.1 Å². The minimum absolute atomic E-state index is 0.00618. The number of rotatable bonds is 6. The molecule has 7 nitrogen and oxygen atoms in total. The molecule has 0 radical (unpaired) electrons. The van der Waals surface area contributed by atoms with E-state index in [0.717, 1.165) is 0 Å². The molecule has 0 aliphatic carbocycles. The topological polar surface area (TPSA) is 97.8 Å². The Balaban J connectivity index is 1.91. The minimum atomic E-state index is -1.01. The number of nitrogens with one attached hydrogen (secondary N) is 1. The molecule has 0 fully saturated rings. The number of methoxy groups -OCH3 is 1. The van der Waals surface area contributed by atoms with E-state index >= 15 is 0 Å². The molecule has 2 aromatic rings. The summed E-state index contributed by atoms with van der Waals surface area (Å²) in [5.41, 5.74) is 0.624. The summed E-state index contributed by atoms with van der Waals surface area (Å²) in [4.78, 5) is 27.8. The normalized spacial score (nSPS) is 11.8. The van der Waals surface area contributed by atoms with Crippen molar-refractivity contribution in [1.82, 2.24) is 4.98 Å². The van der Waals surface area contributed by atoms with E-state index in [0.29, 0.717) is 16.4 Å². The Hall–Kier alpha value is -3.06. The summed E-state index contributed by atoms with van der Waals surface area (Å²) in [6.07, 6.45) is 3.04. The number of hydrogen-bond acceptors (Lipinski definition) is 6. The number of benzene rings is 1. The zero-order chi connectivity index (χ0) is 19.1. The Kier molecular flexibility index (Phi) is 6.57. The molecule has 0 spiro atoms. The zero-order valence-electron chi connectivity index (χ0n) is 14.1. The van der Waals surface area contributed by atoms with E-state index in [-0.39, 0.29) is 11.5 Å². The van der Waals surface area contributed by atoms with Crippen molar-refractivity contribution < 1.29 is 24.2 Å². The third-order valence-electron chi connectivity index (χ3n) is 3.26. The van der Waals surface area contributed by atoms with Crippen LogP contribution in [0, 0.1) is 0 Å². The molecule has 1 heterocycles. The Morgan fingerprint density at radius 3 is 2.73 bits per heavy atom. The molecule has 0 unspecified atom stereocenters. The quantitative estimate of drug-likeness (QED) is 0.594. The molecule has 136 valence electrons. The molecule has 0 saturated carbocycles. The van der Waals surface area contributed by atoms with Crippen LogP contribution in [0.2, 0.25) is 5.02 Å². The van der Waals surface area contributed by atoms with Gasteiger partial charge in [-0.1, -0.05) is 17.7 Å². The van der Waals surface area contributed by atoms with E-state index in [4.69, 9.17) is 21.1 Å². The van der Waals surface area contributed by atoms with Crippen LogP contribution >= 0.6 is 11.6 Å². The first-order valence-corrected chi connectivity index (χ1v) is 7.95. The van der Waals surface area contributed by atoms with Gasteiger partial charge < -0.3 is 19.9 Å².